The molecule has 1 aromatic rings. The number of aliphatic hydroxyl groups is 1. The van der Waals surface area contributed by atoms with Crippen LogP contribution < -0.4 is 4.74 Å². The molecule has 0 aliphatic carbocycles. The van der Waals surface area contributed by atoms with Gasteiger partial charge < -0.3 is 14.6 Å². The van der Waals surface area contributed by atoms with Gasteiger partial charge in [0.05, 0.1) is 23.9 Å². The van der Waals surface area contributed by atoms with E-state index in [0.29, 0.717) is 6.61 Å². The molecule has 3 unspecified atom stereocenters. The van der Waals surface area contributed by atoms with Crippen LogP contribution in [0.2, 0.25) is 0 Å². The smallest absolute Gasteiger partial charge is 0.123 e. The third kappa shape index (κ3) is 2.23. The van der Waals surface area contributed by atoms with Crippen molar-refractivity contribution in [2.75, 3.05) is 6.61 Å². The summed E-state index contributed by atoms with van der Waals surface area (Å²) in [4.78, 5) is 0. The van der Waals surface area contributed by atoms with E-state index in [1.807, 2.05) is 18.2 Å². The zero-order valence-electron chi connectivity index (χ0n) is 12.7. The molecule has 3 nitrogen and oxygen atoms in total. The van der Waals surface area contributed by atoms with Crippen molar-refractivity contribution in [3.05, 3.63) is 29.8 Å². The minimum absolute atomic E-state index is 0.0491. The quantitative estimate of drug-likeness (QED) is 0.902. The van der Waals surface area contributed by atoms with Gasteiger partial charge in [0, 0.05) is 17.4 Å². The van der Waals surface area contributed by atoms with Gasteiger partial charge in [0.1, 0.15) is 5.75 Å². The maximum absolute atomic E-state index is 10.9. The summed E-state index contributed by atoms with van der Waals surface area (Å²) in [5.41, 5.74) is 0.648. The highest BCUT2D eigenvalue weighted by molar-refractivity contribution is 5.40. The van der Waals surface area contributed by atoms with Crippen molar-refractivity contribution in [3.63, 3.8) is 0 Å². The lowest BCUT2D eigenvalue weighted by atomic mass is 9.77. The molecular formula is C17H24O3. The van der Waals surface area contributed by atoms with Crippen LogP contribution in [-0.2, 0) is 4.74 Å². The zero-order valence-corrected chi connectivity index (χ0v) is 12.7. The maximum Gasteiger partial charge on any atom is 0.123 e. The largest absolute Gasteiger partial charge is 0.493 e. The van der Waals surface area contributed by atoms with Gasteiger partial charge in [-0.1, -0.05) is 18.2 Å². The molecule has 2 aliphatic heterocycles. The van der Waals surface area contributed by atoms with Crippen LogP contribution >= 0.6 is 0 Å². The summed E-state index contributed by atoms with van der Waals surface area (Å²) in [6, 6.07) is 8.01. The minimum atomic E-state index is -0.435. The molecule has 0 spiro atoms. The highest BCUT2D eigenvalue weighted by Gasteiger charge is 2.51. The van der Waals surface area contributed by atoms with E-state index in [-0.39, 0.29) is 23.0 Å². The molecule has 0 radical (unpaired) electrons. The molecule has 20 heavy (non-hydrogen) atoms. The van der Waals surface area contributed by atoms with Crippen LogP contribution in [0, 0.1) is 5.92 Å². The molecule has 1 saturated heterocycles. The summed E-state index contributed by atoms with van der Waals surface area (Å²) in [6.07, 6.45) is 0.440. The lowest BCUT2D eigenvalue weighted by Gasteiger charge is -2.32. The van der Waals surface area contributed by atoms with Gasteiger partial charge in [-0.2, -0.15) is 0 Å². The Labute approximate surface area is 120 Å². The highest BCUT2D eigenvalue weighted by Crippen LogP contribution is 2.48. The number of ether oxygens (including phenoxy) is 2. The Balaban J connectivity index is 1.86. The molecule has 3 heteroatoms. The predicted octanol–water partition coefficient (Wildman–Crippen LogP) is 3.12. The van der Waals surface area contributed by atoms with E-state index < -0.39 is 6.10 Å². The van der Waals surface area contributed by atoms with Crippen molar-refractivity contribution >= 4 is 0 Å². The first-order valence-electron chi connectivity index (χ1n) is 7.40. The van der Waals surface area contributed by atoms with E-state index in [1.54, 1.807) is 0 Å². The first-order chi connectivity index (χ1) is 9.30. The van der Waals surface area contributed by atoms with Crippen LogP contribution in [0.5, 0.6) is 5.75 Å². The summed E-state index contributed by atoms with van der Waals surface area (Å²) in [5, 5.41) is 10.9. The molecule has 2 heterocycles. The van der Waals surface area contributed by atoms with Crippen molar-refractivity contribution in [2.45, 2.75) is 57.3 Å². The monoisotopic (exact) mass is 276 g/mol. The van der Waals surface area contributed by atoms with Crippen molar-refractivity contribution in [2.24, 2.45) is 5.92 Å². The Morgan fingerprint density at radius 1 is 1.20 bits per heavy atom. The lowest BCUT2D eigenvalue weighted by molar-refractivity contribution is -0.0903. The number of hydrogen-bond acceptors (Lipinski definition) is 3. The second kappa shape index (κ2) is 4.47. The van der Waals surface area contributed by atoms with E-state index in [9.17, 15) is 5.11 Å². The minimum Gasteiger partial charge on any atom is -0.493 e. The van der Waals surface area contributed by atoms with E-state index in [0.717, 1.165) is 17.7 Å². The Morgan fingerprint density at radius 2 is 1.90 bits per heavy atom. The fourth-order valence-corrected chi connectivity index (χ4v) is 3.89. The summed E-state index contributed by atoms with van der Waals surface area (Å²) >= 11 is 0. The van der Waals surface area contributed by atoms with Crippen molar-refractivity contribution < 1.29 is 14.6 Å². The van der Waals surface area contributed by atoms with Crippen LogP contribution in [0.3, 0.4) is 0 Å². The molecule has 0 aromatic heterocycles. The van der Waals surface area contributed by atoms with Crippen LogP contribution in [0.25, 0.3) is 0 Å². The topological polar surface area (TPSA) is 38.7 Å². The average Bonchev–Trinajstić information content (AvgIpc) is 2.86. The number of rotatable bonds is 2. The summed E-state index contributed by atoms with van der Waals surface area (Å²) in [6.45, 7) is 8.92. The van der Waals surface area contributed by atoms with E-state index >= 15 is 0 Å². The third-order valence-corrected chi connectivity index (χ3v) is 4.71. The average molecular weight is 276 g/mol. The standard InChI is InChI=1S/C17H24O3/c1-16(2)9-13(17(3,4)20-16)15(18)12-10-19-14-8-6-5-7-11(12)14/h5-8,12-13,15,18H,9-10H2,1-4H3. The first kappa shape index (κ1) is 13.9. The fourth-order valence-electron chi connectivity index (χ4n) is 3.89. The Bertz CT molecular complexity index is 507. The Morgan fingerprint density at radius 3 is 2.55 bits per heavy atom. The summed E-state index contributed by atoms with van der Waals surface area (Å²) in [7, 11) is 0. The second-order valence-corrected chi connectivity index (χ2v) is 7.22. The van der Waals surface area contributed by atoms with Crippen molar-refractivity contribution in [1.82, 2.24) is 0 Å². The van der Waals surface area contributed by atoms with E-state index in [4.69, 9.17) is 9.47 Å². The van der Waals surface area contributed by atoms with Crippen molar-refractivity contribution in [3.8, 4) is 5.75 Å². The van der Waals surface area contributed by atoms with Crippen LogP contribution in [0.4, 0.5) is 0 Å². The number of fused-ring (bicyclic) bond motifs is 1. The number of aliphatic hydroxyl groups excluding tert-OH is 1. The Hall–Kier alpha value is -1.06. The molecule has 1 fully saturated rings. The lowest BCUT2D eigenvalue weighted by Crippen LogP contribution is -2.39. The van der Waals surface area contributed by atoms with Crippen LogP contribution in [0.15, 0.2) is 24.3 Å². The number of hydrogen-bond donors (Lipinski definition) is 1. The molecule has 0 saturated carbocycles. The molecule has 2 aliphatic rings. The van der Waals surface area contributed by atoms with Gasteiger partial charge in [-0.25, -0.2) is 0 Å². The van der Waals surface area contributed by atoms with Gasteiger partial charge in [-0.05, 0) is 40.2 Å². The normalized spacial score (nSPS) is 31.6. The van der Waals surface area contributed by atoms with Crippen LogP contribution in [0.1, 0.15) is 45.6 Å². The van der Waals surface area contributed by atoms with Gasteiger partial charge in [-0.15, -0.1) is 0 Å². The highest BCUT2D eigenvalue weighted by atomic mass is 16.5. The number of para-hydroxylation sites is 1. The molecule has 3 atom stereocenters. The predicted molar refractivity (Wildman–Crippen MR) is 78.0 cm³/mol. The maximum atomic E-state index is 10.9. The number of benzene rings is 1. The fraction of sp³-hybridized carbons (Fsp3) is 0.647. The van der Waals surface area contributed by atoms with Gasteiger partial charge in [0.15, 0.2) is 0 Å². The third-order valence-electron chi connectivity index (χ3n) is 4.71. The van der Waals surface area contributed by atoms with Crippen LogP contribution in [-0.4, -0.2) is 29.0 Å². The second-order valence-electron chi connectivity index (χ2n) is 7.22. The molecule has 0 bridgehead atoms. The van der Waals surface area contributed by atoms with Gasteiger partial charge in [-0.3, -0.25) is 0 Å². The van der Waals surface area contributed by atoms with Crippen molar-refractivity contribution in [1.29, 1.82) is 0 Å². The van der Waals surface area contributed by atoms with Gasteiger partial charge in [0.25, 0.3) is 0 Å². The summed E-state index contributed by atoms with van der Waals surface area (Å²) in [5.74, 6) is 1.08. The molecular weight excluding hydrogens is 252 g/mol. The van der Waals surface area contributed by atoms with Gasteiger partial charge in [0.2, 0.25) is 0 Å². The van der Waals surface area contributed by atoms with Gasteiger partial charge >= 0.3 is 0 Å². The zero-order chi connectivity index (χ0) is 14.5. The van der Waals surface area contributed by atoms with E-state index in [1.165, 1.54) is 0 Å². The molecule has 0 amide bonds. The van der Waals surface area contributed by atoms with E-state index in [2.05, 4.69) is 33.8 Å². The first-order valence-corrected chi connectivity index (χ1v) is 7.40. The molecule has 1 aromatic carbocycles. The Kier molecular flexibility index (Phi) is 3.11. The summed E-state index contributed by atoms with van der Waals surface area (Å²) < 4.78 is 11.8. The molecule has 110 valence electrons. The molecule has 3 rings (SSSR count). The molecule has 1 N–H and O–H groups in total. The SMILES string of the molecule is CC1(C)CC(C(O)C2COc3ccccc32)C(C)(C)O1.